The first-order valence-electron chi connectivity index (χ1n) is 8.39. The van der Waals surface area contributed by atoms with Crippen LogP contribution < -0.4 is 9.64 Å². The highest BCUT2D eigenvalue weighted by Gasteiger charge is 2.22. The third-order valence-corrected chi connectivity index (χ3v) is 5.40. The molecular formula is C18H16Cl3N3O4. The summed E-state index contributed by atoms with van der Waals surface area (Å²) < 4.78 is 5.49. The fraction of sp³-hybridized carbons (Fsp3) is 0.278. The van der Waals surface area contributed by atoms with Gasteiger partial charge >= 0.3 is 0 Å². The summed E-state index contributed by atoms with van der Waals surface area (Å²) in [5.41, 5.74) is 0.937. The molecule has 2 aromatic rings. The normalized spacial score (nSPS) is 14.1. The van der Waals surface area contributed by atoms with Crippen molar-refractivity contribution in [3.63, 3.8) is 0 Å². The lowest BCUT2D eigenvalue weighted by atomic mass is 10.2. The zero-order valence-corrected chi connectivity index (χ0v) is 16.9. The van der Waals surface area contributed by atoms with Crippen LogP contribution >= 0.6 is 34.8 Å². The average molecular weight is 445 g/mol. The minimum absolute atomic E-state index is 0.0516. The van der Waals surface area contributed by atoms with Crippen LogP contribution in [-0.2, 0) is 4.79 Å². The molecule has 0 spiro atoms. The predicted octanol–water partition coefficient (Wildman–Crippen LogP) is 4.28. The molecule has 1 aliphatic rings. The highest BCUT2D eigenvalue weighted by atomic mass is 35.5. The molecule has 1 heterocycles. The maximum atomic E-state index is 12.4. The van der Waals surface area contributed by atoms with Gasteiger partial charge in [0.2, 0.25) is 0 Å². The Labute approximate surface area is 176 Å². The Balaban J connectivity index is 1.52. The second-order valence-corrected chi connectivity index (χ2v) is 7.35. The first-order chi connectivity index (χ1) is 13.3. The third kappa shape index (κ3) is 4.79. The summed E-state index contributed by atoms with van der Waals surface area (Å²) in [5, 5.41) is 11.6. The molecule has 2 aromatic carbocycles. The first kappa shape index (κ1) is 20.5. The Morgan fingerprint density at radius 3 is 2.21 bits per heavy atom. The molecule has 0 unspecified atom stereocenters. The average Bonchev–Trinajstić information content (AvgIpc) is 2.69. The van der Waals surface area contributed by atoms with Crippen LogP contribution in [0, 0.1) is 10.1 Å². The predicted molar refractivity (Wildman–Crippen MR) is 109 cm³/mol. The summed E-state index contributed by atoms with van der Waals surface area (Å²) in [6.45, 7) is 2.13. The van der Waals surface area contributed by atoms with E-state index in [9.17, 15) is 14.9 Å². The summed E-state index contributed by atoms with van der Waals surface area (Å²) in [4.78, 5) is 26.5. The molecule has 1 saturated heterocycles. The maximum absolute atomic E-state index is 12.4. The number of non-ortho nitro benzene ring substituents is 1. The summed E-state index contributed by atoms with van der Waals surface area (Å²) in [7, 11) is 0. The standard InChI is InChI=1S/C18H16Cl3N3O4/c19-14-9-16(21)17(10-15(14)20)28-11-18(25)23-7-5-22(6-8-23)12-1-3-13(4-2-12)24(26)27/h1-4,9-10H,5-8,11H2. The number of benzene rings is 2. The van der Waals surface area contributed by atoms with E-state index in [-0.39, 0.29) is 23.2 Å². The van der Waals surface area contributed by atoms with Gasteiger partial charge in [0.25, 0.3) is 11.6 Å². The van der Waals surface area contributed by atoms with Gasteiger partial charge in [-0.25, -0.2) is 0 Å². The van der Waals surface area contributed by atoms with E-state index in [4.69, 9.17) is 39.5 Å². The number of carbonyl (C=O) groups is 1. The molecule has 10 heteroatoms. The largest absolute Gasteiger partial charge is 0.482 e. The minimum atomic E-state index is -0.430. The van der Waals surface area contributed by atoms with Gasteiger partial charge in [0.05, 0.1) is 20.0 Å². The summed E-state index contributed by atoms with van der Waals surface area (Å²) in [5.74, 6) is 0.138. The van der Waals surface area contributed by atoms with E-state index in [2.05, 4.69) is 4.90 Å². The van der Waals surface area contributed by atoms with E-state index < -0.39 is 4.92 Å². The number of rotatable bonds is 5. The molecule has 148 valence electrons. The Morgan fingerprint density at radius 2 is 1.61 bits per heavy atom. The van der Waals surface area contributed by atoms with Gasteiger partial charge in [-0.05, 0) is 18.2 Å². The van der Waals surface area contributed by atoms with Crippen molar-refractivity contribution in [2.24, 2.45) is 0 Å². The Morgan fingerprint density at radius 1 is 1.00 bits per heavy atom. The van der Waals surface area contributed by atoms with Crippen molar-refractivity contribution in [3.8, 4) is 5.75 Å². The number of piperazine rings is 1. The third-order valence-electron chi connectivity index (χ3n) is 4.38. The number of hydrogen-bond acceptors (Lipinski definition) is 5. The number of halogens is 3. The van der Waals surface area contributed by atoms with Crippen molar-refractivity contribution in [1.82, 2.24) is 4.90 Å². The molecule has 0 saturated carbocycles. The molecule has 1 fully saturated rings. The van der Waals surface area contributed by atoms with Crippen molar-refractivity contribution >= 4 is 52.1 Å². The van der Waals surface area contributed by atoms with Gasteiger partial charge in [-0.2, -0.15) is 0 Å². The maximum Gasteiger partial charge on any atom is 0.269 e. The summed E-state index contributed by atoms with van der Waals surface area (Å²) in [6, 6.07) is 9.32. The van der Waals surface area contributed by atoms with Crippen molar-refractivity contribution in [2.75, 3.05) is 37.7 Å². The number of nitrogens with zero attached hydrogens (tertiary/aromatic N) is 3. The van der Waals surface area contributed by atoms with Gasteiger partial charge in [-0.1, -0.05) is 34.8 Å². The zero-order chi connectivity index (χ0) is 20.3. The van der Waals surface area contributed by atoms with E-state index in [1.807, 2.05) is 0 Å². The molecule has 7 nitrogen and oxygen atoms in total. The molecule has 3 rings (SSSR count). The molecule has 0 aromatic heterocycles. The van der Waals surface area contributed by atoms with Gasteiger partial charge < -0.3 is 14.5 Å². The number of nitro groups is 1. The van der Waals surface area contributed by atoms with Crippen LogP contribution in [0.5, 0.6) is 5.75 Å². The topological polar surface area (TPSA) is 75.9 Å². The molecular weight excluding hydrogens is 429 g/mol. The summed E-state index contributed by atoms with van der Waals surface area (Å²) >= 11 is 17.9. The lowest BCUT2D eigenvalue weighted by molar-refractivity contribution is -0.384. The van der Waals surface area contributed by atoms with Crippen LogP contribution in [-0.4, -0.2) is 48.5 Å². The number of carbonyl (C=O) groups excluding carboxylic acids is 1. The first-order valence-corrected chi connectivity index (χ1v) is 9.53. The molecule has 1 aliphatic heterocycles. The Hall–Kier alpha value is -2.22. The van der Waals surface area contributed by atoms with E-state index in [1.165, 1.54) is 24.3 Å². The monoisotopic (exact) mass is 443 g/mol. The number of nitro benzene ring substituents is 1. The van der Waals surface area contributed by atoms with Crippen LogP contribution in [0.4, 0.5) is 11.4 Å². The van der Waals surface area contributed by atoms with Crippen molar-refractivity contribution in [3.05, 3.63) is 61.6 Å². The minimum Gasteiger partial charge on any atom is -0.482 e. The van der Waals surface area contributed by atoms with E-state index in [1.54, 1.807) is 17.0 Å². The molecule has 0 bridgehead atoms. The van der Waals surface area contributed by atoms with Gasteiger partial charge in [0.15, 0.2) is 6.61 Å². The molecule has 0 N–H and O–H groups in total. The second kappa shape index (κ2) is 8.86. The van der Waals surface area contributed by atoms with E-state index in [0.29, 0.717) is 42.0 Å². The van der Waals surface area contributed by atoms with Crippen LogP contribution in [0.25, 0.3) is 0 Å². The van der Waals surface area contributed by atoms with Gasteiger partial charge in [-0.15, -0.1) is 0 Å². The molecule has 0 atom stereocenters. The van der Waals surface area contributed by atoms with Crippen LogP contribution in [0.15, 0.2) is 36.4 Å². The van der Waals surface area contributed by atoms with Crippen LogP contribution in [0.2, 0.25) is 15.1 Å². The van der Waals surface area contributed by atoms with Gasteiger partial charge in [-0.3, -0.25) is 14.9 Å². The molecule has 1 amide bonds. The van der Waals surface area contributed by atoms with Crippen molar-refractivity contribution < 1.29 is 14.5 Å². The Bertz CT molecular complexity index is 884. The lowest BCUT2D eigenvalue weighted by Gasteiger charge is -2.36. The highest BCUT2D eigenvalue weighted by molar-refractivity contribution is 6.43. The number of hydrogen-bond donors (Lipinski definition) is 0. The van der Waals surface area contributed by atoms with Crippen LogP contribution in [0.1, 0.15) is 0 Å². The Kier molecular flexibility index (Phi) is 6.49. The molecule has 0 aliphatic carbocycles. The fourth-order valence-electron chi connectivity index (χ4n) is 2.84. The number of amides is 1. The van der Waals surface area contributed by atoms with E-state index >= 15 is 0 Å². The van der Waals surface area contributed by atoms with Gasteiger partial charge in [0.1, 0.15) is 5.75 Å². The quantitative estimate of drug-likeness (QED) is 0.391. The highest BCUT2D eigenvalue weighted by Crippen LogP contribution is 2.33. The van der Waals surface area contributed by atoms with Crippen molar-refractivity contribution in [2.45, 2.75) is 0 Å². The molecule has 0 radical (unpaired) electrons. The fourth-order valence-corrected chi connectivity index (χ4v) is 3.44. The summed E-state index contributed by atoms with van der Waals surface area (Å²) in [6.07, 6.45) is 0. The van der Waals surface area contributed by atoms with Crippen LogP contribution in [0.3, 0.4) is 0 Å². The number of anilines is 1. The lowest BCUT2D eigenvalue weighted by Crippen LogP contribution is -2.50. The second-order valence-electron chi connectivity index (χ2n) is 6.13. The van der Waals surface area contributed by atoms with E-state index in [0.717, 1.165) is 5.69 Å². The zero-order valence-electron chi connectivity index (χ0n) is 14.6. The van der Waals surface area contributed by atoms with Gasteiger partial charge in [0, 0.05) is 50.1 Å². The SMILES string of the molecule is O=C(COc1cc(Cl)c(Cl)cc1Cl)N1CCN(c2ccc([N+](=O)[O-])cc2)CC1. The smallest absolute Gasteiger partial charge is 0.269 e. The molecule has 28 heavy (non-hydrogen) atoms. The van der Waals surface area contributed by atoms with Crippen molar-refractivity contribution in [1.29, 1.82) is 0 Å². The number of ether oxygens (including phenoxy) is 1.